The van der Waals surface area contributed by atoms with Crippen LogP contribution in [0.3, 0.4) is 0 Å². The molecule has 0 saturated heterocycles. The van der Waals surface area contributed by atoms with Gasteiger partial charge >= 0.3 is 0 Å². The molecule has 1 aromatic carbocycles. The Hall–Kier alpha value is -1.56. The number of rotatable bonds is 4. The van der Waals surface area contributed by atoms with Crippen molar-refractivity contribution in [3.8, 4) is 0 Å². The topological polar surface area (TPSA) is 68.0 Å². The van der Waals surface area contributed by atoms with Crippen molar-refractivity contribution in [3.63, 3.8) is 0 Å². The molecule has 0 aliphatic carbocycles. The summed E-state index contributed by atoms with van der Waals surface area (Å²) in [4.78, 5) is 16.6. The molecule has 0 aliphatic rings. The molecule has 122 valence electrons. The van der Waals surface area contributed by atoms with Crippen LogP contribution in [0.25, 0.3) is 0 Å². The third-order valence-electron chi connectivity index (χ3n) is 3.38. The van der Waals surface area contributed by atoms with Crippen LogP contribution in [0, 0.1) is 0 Å². The van der Waals surface area contributed by atoms with Gasteiger partial charge in [-0.15, -0.1) is 11.8 Å². The van der Waals surface area contributed by atoms with Gasteiger partial charge < -0.3 is 0 Å². The van der Waals surface area contributed by atoms with Crippen molar-refractivity contribution in [2.45, 2.75) is 36.8 Å². The van der Waals surface area contributed by atoms with Gasteiger partial charge in [-0.05, 0) is 28.7 Å². The van der Waals surface area contributed by atoms with Crippen LogP contribution in [0.4, 0.5) is 0 Å². The van der Waals surface area contributed by atoms with Crippen LogP contribution in [-0.2, 0) is 11.2 Å². The molecule has 23 heavy (non-hydrogen) atoms. The summed E-state index contributed by atoms with van der Waals surface area (Å²) in [6.07, 6.45) is 0. The predicted molar refractivity (Wildman–Crippen MR) is 95.6 cm³/mol. The lowest BCUT2D eigenvalue weighted by Crippen LogP contribution is -2.31. The van der Waals surface area contributed by atoms with Gasteiger partial charge in [0.15, 0.2) is 0 Å². The molecule has 0 bridgehead atoms. The number of hydrazine groups is 1. The monoisotopic (exact) mass is 349 g/mol. The summed E-state index contributed by atoms with van der Waals surface area (Å²) in [5, 5.41) is 0.266. The van der Waals surface area contributed by atoms with Crippen molar-refractivity contribution in [2.24, 2.45) is 5.84 Å². The van der Waals surface area contributed by atoms with E-state index in [9.17, 15) is 4.79 Å². The van der Waals surface area contributed by atoms with E-state index in [-0.39, 0.29) is 16.3 Å². The third kappa shape index (κ3) is 4.70. The lowest BCUT2D eigenvalue weighted by atomic mass is 9.87. The van der Waals surface area contributed by atoms with E-state index >= 15 is 0 Å². The van der Waals surface area contributed by atoms with Crippen LogP contribution in [0.5, 0.6) is 0 Å². The van der Waals surface area contributed by atoms with E-state index in [0.717, 1.165) is 10.6 Å². The Bertz CT molecular complexity index is 696. The Labute approximate surface area is 145 Å². The second kappa shape index (κ2) is 7.34. The molecule has 4 nitrogen and oxygen atoms in total. The Kier molecular flexibility index (Phi) is 5.68. The second-order valence-corrected chi connectivity index (χ2v) is 7.59. The zero-order valence-electron chi connectivity index (χ0n) is 13.4. The first-order chi connectivity index (χ1) is 10.8. The molecule has 1 heterocycles. The number of carbonyl (C=O) groups excluding carboxylic acids is 1. The normalized spacial score (nSPS) is 11.3. The predicted octanol–water partition coefficient (Wildman–Crippen LogP) is 3.93. The maximum Gasteiger partial charge on any atom is 0.284 e. The van der Waals surface area contributed by atoms with Gasteiger partial charge in [-0.2, -0.15) is 0 Å². The number of benzene rings is 1. The van der Waals surface area contributed by atoms with Gasteiger partial charge in [-0.25, -0.2) is 10.8 Å². The standard InChI is InChI=1S/C17H20ClN3OS/c1-17(2,3)12-6-4-11(5-7-12)10-23-13-8-9-14(18)20-15(13)16(22)21-19/h4-9H,10,19H2,1-3H3,(H,21,22). The number of amides is 1. The fourth-order valence-corrected chi connectivity index (χ4v) is 3.13. The molecule has 0 fully saturated rings. The van der Waals surface area contributed by atoms with E-state index in [4.69, 9.17) is 17.4 Å². The highest BCUT2D eigenvalue weighted by molar-refractivity contribution is 7.98. The fraction of sp³-hybridized carbons (Fsp3) is 0.294. The quantitative estimate of drug-likeness (QED) is 0.288. The molecule has 0 radical (unpaired) electrons. The summed E-state index contributed by atoms with van der Waals surface area (Å²) in [5.74, 6) is 5.48. The van der Waals surface area contributed by atoms with E-state index in [1.54, 1.807) is 12.1 Å². The highest BCUT2D eigenvalue weighted by atomic mass is 35.5. The molecule has 0 saturated carbocycles. The summed E-state index contributed by atoms with van der Waals surface area (Å²) in [6, 6.07) is 12.0. The number of aromatic nitrogens is 1. The van der Waals surface area contributed by atoms with E-state index in [1.807, 2.05) is 0 Å². The van der Waals surface area contributed by atoms with Crippen molar-refractivity contribution >= 4 is 29.3 Å². The summed E-state index contributed by atoms with van der Waals surface area (Å²) in [5.41, 5.74) is 4.95. The minimum absolute atomic E-state index is 0.137. The smallest absolute Gasteiger partial charge is 0.284 e. The summed E-state index contributed by atoms with van der Waals surface area (Å²) >= 11 is 7.38. The van der Waals surface area contributed by atoms with Crippen molar-refractivity contribution in [3.05, 3.63) is 58.4 Å². The van der Waals surface area contributed by atoms with E-state index in [0.29, 0.717) is 0 Å². The van der Waals surface area contributed by atoms with Crippen LogP contribution in [-0.4, -0.2) is 10.9 Å². The number of thioether (sulfide) groups is 1. The first-order valence-electron chi connectivity index (χ1n) is 7.21. The number of hydrogen-bond acceptors (Lipinski definition) is 4. The number of nitrogen functional groups attached to an aromatic ring is 1. The summed E-state index contributed by atoms with van der Waals surface area (Å²) in [7, 11) is 0. The molecule has 0 atom stereocenters. The van der Waals surface area contributed by atoms with Gasteiger partial charge in [-0.1, -0.05) is 56.6 Å². The van der Waals surface area contributed by atoms with Crippen LogP contribution in [0.1, 0.15) is 42.4 Å². The van der Waals surface area contributed by atoms with Gasteiger partial charge in [0.25, 0.3) is 5.91 Å². The molecule has 0 spiro atoms. The zero-order chi connectivity index (χ0) is 17.0. The largest absolute Gasteiger partial charge is 0.289 e. The zero-order valence-corrected chi connectivity index (χ0v) is 15.0. The second-order valence-electron chi connectivity index (χ2n) is 6.19. The molecule has 0 unspecified atom stereocenters. The highest BCUT2D eigenvalue weighted by Crippen LogP contribution is 2.28. The highest BCUT2D eigenvalue weighted by Gasteiger charge is 2.15. The molecule has 2 rings (SSSR count). The molecule has 0 aliphatic heterocycles. The maximum atomic E-state index is 11.8. The number of nitrogens with zero attached hydrogens (tertiary/aromatic N) is 1. The minimum Gasteiger partial charge on any atom is -0.289 e. The van der Waals surface area contributed by atoms with Crippen LogP contribution in [0.2, 0.25) is 5.15 Å². The fourth-order valence-electron chi connectivity index (χ4n) is 2.03. The van der Waals surface area contributed by atoms with E-state index in [2.05, 4.69) is 55.4 Å². The minimum atomic E-state index is -0.446. The first-order valence-corrected chi connectivity index (χ1v) is 8.57. The average molecular weight is 350 g/mol. The molecule has 6 heteroatoms. The number of nitrogens with one attached hydrogen (secondary N) is 1. The van der Waals surface area contributed by atoms with Gasteiger partial charge in [0.2, 0.25) is 0 Å². The van der Waals surface area contributed by atoms with Gasteiger partial charge in [-0.3, -0.25) is 10.2 Å². The summed E-state index contributed by atoms with van der Waals surface area (Å²) < 4.78 is 0. The summed E-state index contributed by atoms with van der Waals surface area (Å²) in [6.45, 7) is 6.57. The third-order valence-corrected chi connectivity index (χ3v) is 4.71. The van der Waals surface area contributed by atoms with Crippen molar-refractivity contribution in [1.29, 1.82) is 0 Å². The van der Waals surface area contributed by atoms with Crippen molar-refractivity contribution in [2.75, 3.05) is 0 Å². The lowest BCUT2D eigenvalue weighted by Gasteiger charge is -2.19. The van der Waals surface area contributed by atoms with Gasteiger partial charge in [0.1, 0.15) is 10.8 Å². The molecule has 1 amide bonds. The lowest BCUT2D eigenvalue weighted by molar-refractivity contribution is 0.0945. The first kappa shape index (κ1) is 17.8. The SMILES string of the molecule is CC(C)(C)c1ccc(CSc2ccc(Cl)nc2C(=O)NN)cc1. The van der Waals surface area contributed by atoms with E-state index < -0.39 is 5.91 Å². The molecule has 3 N–H and O–H groups in total. The number of nitrogens with two attached hydrogens (primary N) is 1. The Morgan fingerprint density at radius 2 is 1.87 bits per heavy atom. The molecular formula is C17H20ClN3OS. The Morgan fingerprint density at radius 1 is 1.22 bits per heavy atom. The number of pyridine rings is 1. The van der Waals surface area contributed by atoms with Crippen molar-refractivity contribution in [1.82, 2.24) is 10.4 Å². The average Bonchev–Trinajstić information content (AvgIpc) is 2.52. The van der Waals surface area contributed by atoms with E-state index in [1.165, 1.54) is 22.9 Å². The Morgan fingerprint density at radius 3 is 2.43 bits per heavy atom. The number of hydrogen-bond donors (Lipinski definition) is 2. The maximum absolute atomic E-state index is 11.8. The van der Waals surface area contributed by atoms with Gasteiger partial charge in [0.05, 0.1) is 0 Å². The van der Waals surface area contributed by atoms with Gasteiger partial charge in [0, 0.05) is 10.6 Å². The van der Waals surface area contributed by atoms with Crippen molar-refractivity contribution < 1.29 is 4.79 Å². The molecule has 2 aromatic rings. The molecular weight excluding hydrogens is 330 g/mol. The Balaban J connectivity index is 2.13. The number of halogens is 1. The van der Waals surface area contributed by atoms with Crippen LogP contribution >= 0.6 is 23.4 Å². The van der Waals surface area contributed by atoms with Crippen LogP contribution < -0.4 is 11.3 Å². The number of carbonyl (C=O) groups is 1. The van der Waals surface area contributed by atoms with Crippen LogP contribution in [0.15, 0.2) is 41.3 Å². The molecule has 1 aromatic heterocycles.